The van der Waals surface area contributed by atoms with Crippen LogP contribution in [0.25, 0.3) is 0 Å². The number of benzene rings is 3. The molecule has 1 aliphatic rings. The third-order valence-electron chi connectivity index (χ3n) is 5.40. The maximum Gasteiger partial charge on any atom is 0.243 e. The summed E-state index contributed by atoms with van der Waals surface area (Å²) in [5, 5.41) is 3.16. The summed E-state index contributed by atoms with van der Waals surface area (Å²) in [6, 6.07) is 25.8. The second kappa shape index (κ2) is 10.3. The number of carbonyl (C=O) groups is 1. The number of rotatable bonds is 5. The van der Waals surface area contributed by atoms with Gasteiger partial charge in [0.2, 0.25) is 15.9 Å². The summed E-state index contributed by atoms with van der Waals surface area (Å²) >= 11 is 0. The Bertz CT molecular complexity index is 1260. The van der Waals surface area contributed by atoms with Crippen molar-refractivity contribution in [1.82, 2.24) is 9.21 Å². The summed E-state index contributed by atoms with van der Waals surface area (Å²) in [7, 11) is -3.53. The molecule has 0 spiro atoms. The molecule has 1 aliphatic heterocycles. The van der Waals surface area contributed by atoms with Gasteiger partial charge in [-0.1, -0.05) is 54.3 Å². The lowest BCUT2D eigenvalue weighted by Gasteiger charge is -2.34. The van der Waals surface area contributed by atoms with E-state index >= 15 is 0 Å². The van der Waals surface area contributed by atoms with E-state index in [2.05, 4.69) is 17.2 Å². The standard InChI is InChI=1S/C26H25N3O3S/c30-26(28-16-18-29(19-17-28)33(31,32)25-12-5-2-6-13-25)21-27-24-11-7-10-23(20-24)15-14-22-8-3-1-4-9-22/h1-13,20,27H,16-19,21H2. The van der Waals surface area contributed by atoms with Crippen LogP contribution < -0.4 is 5.32 Å². The van der Waals surface area contributed by atoms with Crippen LogP contribution in [0.5, 0.6) is 0 Å². The average molecular weight is 460 g/mol. The Morgan fingerprint density at radius 2 is 1.39 bits per heavy atom. The number of hydrogen-bond acceptors (Lipinski definition) is 4. The highest BCUT2D eigenvalue weighted by Gasteiger charge is 2.29. The topological polar surface area (TPSA) is 69.7 Å². The summed E-state index contributed by atoms with van der Waals surface area (Å²) in [5.41, 5.74) is 2.61. The number of sulfonamides is 1. The minimum atomic E-state index is -3.53. The first-order chi connectivity index (χ1) is 16.0. The Morgan fingerprint density at radius 1 is 0.788 bits per heavy atom. The van der Waals surface area contributed by atoms with Crippen molar-refractivity contribution in [2.75, 3.05) is 38.0 Å². The van der Waals surface area contributed by atoms with Crippen LogP contribution in [-0.4, -0.2) is 56.3 Å². The first-order valence-electron chi connectivity index (χ1n) is 10.8. The molecule has 0 radical (unpaired) electrons. The molecule has 1 heterocycles. The number of nitrogens with one attached hydrogen (secondary N) is 1. The lowest BCUT2D eigenvalue weighted by atomic mass is 10.1. The molecule has 168 valence electrons. The second-order valence-electron chi connectivity index (χ2n) is 7.65. The van der Waals surface area contributed by atoms with Crippen molar-refractivity contribution in [2.45, 2.75) is 4.90 Å². The van der Waals surface area contributed by atoms with Crippen molar-refractivity contribution in [2.24, 2.45) is 0 Å². The maximum absolute atomic E-state index is 12.7. The van der Waals surface area contributed by atoms with Gasteiger partial charge in [0.05, 0.1) is 11.4 Å². The van der Waals surface area contributed by atoms with Gasteiger partial charge in [0, 0.05) is 43.0 Å². The highest BCUT2D eigenvalue weighted by atomic mass is 32.2. The average Bonchev–Trinajstić information content (AvgIpc) is 2.87. The van der Waals surface area contributed by atoms with E-state index in [0.717, 1.165) is 16.8 Å². The quantitative estimate of drug-likeness (QED) is 0.596. The molecular weight excluding hydrogens is 434 g/mol. The summed E-state index contributed by atoms with van der Waals surface area (Å²) in [6.07, 6.45) is 0. The molecule has 1 amide bonds. The minimum Gasteiger partial charge on any atom is -0.376 e. The Kier molecular flexibility index (Phi) is 7.08. The molecule has 3 aromatic carbocycles. The van der Waals surface area contributed by atoms with Crippen LogP contribution in [0.1, 0.15) is 11.1 Å². The normalized spacial score (nSPS) is 14.2. The zero-order chi connectivity index (χ0) is 23.1. The van der Waals surface area contributed by atoms with Gasteiger partial charge in [0.15, 0.2) is 0 Å². The Labute approximate surface area is 194 Å². The molecule has 3 aromatic rings. The van der Waals surface area contributed by atoms with Crippen LogP contribution in [0.3, 0.4) is 0 Å². The second-order valence-corrected chi connectivity index (χ2v) is 9.59. The molecule has 33 heavy (non-hydrogen) atoms. The van der Waals surface area contributed by atoms with Gasteiger partial charge in [-0.3, -0.25) is 4.79 Å². The highest BCUT2D eigenvalue weighted by molar-refractivity contribution is 7.89. The smallest absolute Gasteiger partial charge is 0.243 e. The van der Waals surface area contributed by atoms with E-state index in [1.807, 2.05) is 54.6 Å². The van der Waals surface area contributed by atoms with Crippen LogP contribution in [0.2, 0.25) is 0 Å². The van der Waals surface area contributed by atoms with E-state index in [1.54, 1.807) is 35.2 Å². The predicted molar refractivity (Wildman–Crippen MR) is 129 cm³/mol. The van der Waals surface area contributed by atoms with Gasteiger partial charge in [-0.05, 0) is 42.5 Å². The number of nitrogens with zero attached hydrogens (tertiary/aromatic N) is 2. The minimum absolute atomic E-state index is 0.0625. The molecule has 4 rings (SSSR count). The molecule has 7 heteroatoms. The predicted octanol–water partition coefficient (Wildman–Crippen LogP) is 3.03. The summed E-state index contributed by atoms with van der Waals surface area (Å²) < 4.78 is 26.9. The van der Waals surface area contributed by atoms with Crippen molar-refractivity contribution in [3.8, 4) is 11.8 Å². The number of anilines is 1. The summed E-state index contributed by atoms with van der Waals surface area (Å²) in [5.74, 6) is 6.20. The molecule has 6 nitrogen and oxygen atoms in total. The van der Waals surface area contributed by atoms with Crippen molar-refractivity contribution in [3.63, 3.8) is 0 Å². The van der Waals surface area contributed by atoms with Gasteiger partial charge >= 0.3 is 0 Å². The molecule has 0 aromatic heterocycles. The SMILES string of the molecule is O=C(CNc1cccc(C#Cc2ccccc2)c1)N1CCN(S(=O)(=O)c2ccccc2)CC1. The van der Waals surface area contributed by atoms with E-state index in [4.69, 9.17) is 0 Å². The molecule has 0 atom stereocenters. The van der Waals surface area contributed by atoms with Gasteiger partial charge in [-0.2, -0.15) is 4.31 Å². The molecule has 0 aliphatic carbocycles. The fourth-order valence-corrected chi connectivity index (χ4v) is 5.02. The number of hydrogen-bond donors (Lipinski definition) is 1. The van der Waals surface area contributed by atoms with Crippen LogP contribution in [0.4, 0.5) is 5.69 Å². The Morgan fingerprint density at radius 3 is 2.09 bits per heavy atom. The van der Waals surface area contributed by atoms with Gasteiger partial charge in [-0.25, -0.2) is 8.42 Å². The fraction of sp³-hybridized carbons (Fsp3) is 0.192. The number of carbonyl (C=O) groups excluding carboxylic acids is 1. The fourth-order valence-electron chi connectivity index (χ4n) is 3.58. The Balaban J connectivity index is 1.30. The zero-order valence-electron chi connectivity index (χ0n) is 18.1. The lowest BCUT2D eigenvalue weighted by Crippen LogP contribution is -2.51. The van der Waals surface area contributed by atoms with E-state index < -0.39 is 10.0 Å². The summed E-state index contributed by atoms with van der Waals surface area (Å²) in [4.78, 5) is 14.6. The summed E-state index contributed by atoms with van der Waals surface area (Å²) in [6.45, 7) is 1.45. The van der Waals surface area contributed by atoms with Crippen molar-refractivity contribution >= 4 is 21.6 Å². The van der Waals surface area contributed by atoms with Crippen LogP contribution >= 0.6 is 0 Å². The van der Waals surface area contributed by atoms with Crippen LogP contribution in [-0.2, 0) is 14.8 Å². The number of amides is 1. The van der Waals surface area contributed by atoms with Crippen molar-refractivity contribution < 1.29 is 13.2 Å². The van der Waals surface area contributed by atoms with E-state index in [1.165, 1.54) is 4.31 Å². The third kappa shape index (κ3) is 5.80. The largest absolute Gasteiger partial charge is 0.376 e. The van der Waals surface area contributed by atoms with E-state index in [0.29, 0.717) is 13.1 Å². The maximum atomic E-state index is 12.7. The molecule has 1 saturated heterocycles. The van der Waals surface area contributed by atoms with Crippen molar-refractivity contribution in [1.29, 1.82) is 0 Å². The molecule has 0 bridgehead atoms. The monoisotopic (exact) mass is 459 g/mol. The van der Waals surface area contributed by atoms with Crippen LogP contribution in [0, 0.1) is 11.8 Å². The Hall–Kier alpha value is -3.60. The molecule has 1 fully saturated rings. The number of piperazine rings is 1. The van der Waals surface area contributed by atoms with Gasteiger partial charge in [0.25, 0.3) is 0 Å². The van der Waals surface area contributed by atoms with E-state index in [-0.39, 0.29) is 30.4 Å². The van der Waals surface area contributed by atoms with Crippen LogP contribution in [0.15, 0.2) is 89.8 Å². The van der Waals surface area contributed by atoms with Gasteiger partial charge < -0.3 is 10.2 Å². The van der Waals surface area contributed by atoms with E-state index in [9.17, 15) is 13.2 Å². The lowest BCUT2D eigenvalue weighted by molar-refractivity contribution is -0.130. The van der Waals surface area contributed by atoms with Gasteiger partial charge in [0.1, 0.15) is 0 Å². The highest BCUT2D eigenvalue weighted by Crippen LogP contribution is 2.17. The first-order valence-corrected chi connectivity index (χ1v) is 12.2. The molecule has 0 saturated carbocycles. The first kappa shape index (κ1) is 22.6. The molecule has 0 unspecified atom stereocenters. The molecular formula is C26H25N3O3S. The third-order valence-corrected chi connectivity index (χ3v) is 7.32. The molecule has 1 N–H and O–H groups in total. The van der Waals surface area contributed by atoms with Crippen molar-refractivity contribution in [3.05, 3.63) is 96.1 Å². The van der Waals surface area contributed by atoms with Gasteiger partial charge in [-0.15, -0.1) is 0 Å². The zero-order valence-corrected chi connectivity index (χ0v) is 19.0.